The number of hydrogen-bond acceptors (Lipinski definition) is 26. The quantitative estimate of drug-likeness (QED) is 0.0471. The van der Waals surface area contributed by atoms with Gasteiger partial charge in [-0.05, 0) is 183 Å². The molecule has 8 atom stereocenters. The lowest BCUT2D eigenvalue weighted by Crippen LogP contribution is -2.35. The Morgan fingerprint density at radius 1 is 0.467 bits per heavy atom. The van der Waals surface area contributed by atoms with Crippen molar-refractivity contribution >= 4 is 158 Å². The van der Waals surface area contributed by atoms with Crippen molar-refractivity contribution in [2.75, 3.05) is 82.1 Å². The number of halogens is 4. The molecule has 4 fully saturated rings. The van der Waals surface area contributed by atoms with E-state index in [2.05, 4.69) is 130 Å². The third-order valence-corrected chi connectivity index (χ3v) is 29.6. The van der Waals surface area contributed by atoms with E-state index in [0.717, 1.165) is 86.5 Å². The average Bonchev–Trinajstić information content (AvgIpc) is 1.62. The third-order valence-electron chi connectivity index (χ3n) is 22.6. The number of anilines is 1. The Kier molecular flexibility index (Phi) is 32.4. The number of rotatable bonds is 20. The predicted molar refractivity (Wildman–Crippen MR) is 543 cm³/mol. The van der Waals surface area contributed by atoms with Gasteiger partial charge < -0.3 is 67.8 Å². The molecule has 0 aliphatic carbocycles. The van der Waals surface area contributed by atoms with E-state index in [4.69, 9.17) is 85.5 Å². The smallest absolute Gasteiger partial charge is 0.410 e. The van der Waals surface area contributed by atoms with Crippen molar-refractivity contribution in [1.29, 1.82) is 0 Å². The maximum Gasteiger partial charge on any atom is 0.410 e. The van der Waals surface area contributed by atoms with Gasteiger partial charge in [0.2, 0.25) is 0 Å². The summed E-state index contributed by atoms with van der Waals surface area (Å²) in [5, 5.41) is 24.5. The van der Waals surface area contributed by atoms with Crippen LogP contribution in [0.5, 0.6) is 12.0 Å². The molecule has 0 radical (unpaired) electrons. The number of nitrogens with zero attached hydrogens (tertiary/aromatic N) is 12. The summed E-state index contributed by atoms with van der Waals surface area (Å²) in [6, 6.07) is 46.3. The van der Waals surface area contributed by atoms with Gasteiger partial charge in [-0.15, -0.1) is 0 Å². The van der Waals surface area contributed by atoms with E-state index in [-0.39, 0.29) is 63.8 Å². The molecule has 0 bridgehead atoms. The van der Waals surface area contributed by atoms with Gasteiger partial charge in [-0.1, -0.05) is 143 Å². The number of nitrogens with one attached hydrogen (secondary N) is 1. The van der Waals surface area contributed by atoms with Gasteiger partial charge in [-0.25, -0.2) is 32.2 Å². The standard InChI is InChI=1S/C34H42ClN5O6SSi.C24H29BrClN3O5Si.C15H22N2O3S.C13H16BrNO2.C10H14N2OS/c1-47(2,42)38-24-9-6-22-16-39(17-23(22)14-24)25-10-7-21(8-11-25)30-26(35)15-27-33(37-30)40(20-43-12-13-48(3,4)5)34(36-27)46-29-19-45-31-28(41)18-44-32(29)31;1-35(2,3)9-8-31-13-29-23-17(10-16(26)20(28-23)14-4-6-15(25)7-5-14)27-24(29)34-19-12-33-21-18(30)11-32-22(19)21;1-15(2,3)20-14(18)17-9-11-6-7-13(8-12(11)10-17)16-21(4,5)19;1-13(2,3)17-12(16)15-7-9-4-5-11(14)6-10(9)8-15;1-14(2,13)12-10-4-3-8-6-11-7-9(8)5-10/h6-11,14-15,28-29,31-32,41H,12-13,16-20H2,1-5H3;4-7,10,18-19,21-22,30H,8-9,11-13H2,1-3H3;6-8H,9-10H2,1-5H3;4-6H,7-8H2,1-3H3;3-5,11H,6-7H2,1-2H3/t28-,29-,31-,32-;18-,19-,21-,22-;;;/m11.../s1. The number of carbonyl (C=O) groups excluding carboxylic acids is 2. The summed E-state index contributed by atoms with van der Waals surface area (Å²) in [4.78, 5) is 49.0. The minimum absolute atomic E-state index is 0.215. The number of ether oxygens (including phenoxy) is 10. The molecule has 0 saturated carbocycles. The number of imidazole rings is 2. The highest BCUT2D eigenvalue weighted by Crippen LogP contribution is 2.41. The topological polar surface area (TPSA) is 338 Å². The van der Waals surface area contributed by atoms with Gasteiger partial charge in [-0.2, -0.15) is 23.1 Å². The van der Waals surface area contributed by atoms with Crippen LogP contribution in [0.25, 0.3) is 44.8 Å². The molecular formula is C96H123Br2Cl2N13O17S3Si2. The first kappa shape index (κ1) is 103. The fraction of sp³-hybridized carbons (Fsp3) is 0.479. The zero-order valence-corrected chi connectivity index (χ0v) is 88.8. The summed E-state index contributed by atoms with van der Waals surface area (Å²) in [6.45, 7) is 33.5. The molecule has 2 amide bonds. The van der Waals surface area contributed by atoms with Gasteiger partial charge in [0.25, 0.3) is 0 Å². The molecule has 3 N–H and O–H groups in total. The van der Waals surface area contributed by atoms with E-state index < -0.39 is 87.1 Å². The van der Waals surface area contributed by atoms with Gasteiger partial charge in [-0.3, -0.25) is 18.9 Å². The van der Waals surface area contributed by atoms with Crippen molar-refractivity contribution in [3.63, 3.8) is 0 Å². The predicted octanol–water partition coefficient (Wildman–Crippen LogP) is 19.2. The number of fused-ring (bicyclic) bond motifs is 8. The summed E-state index contributed by atoms with van der Waals surface area (Å²) in [5.41, 5.74) is 17.4. The van der Waals surface area contributed by atoms with Crippen LogP contribution < -0.4 is 19.7 Å². The molecule has 0 spiro atoms. The minimum Gasteiger partial charge on any atom is -0.456 e. The highest BCUT2D eigenvalue weighted by atomic mass is 79.9. The molecule has 728 valence electrons. The minimum atomic E-state index is -2.22. The van der Waals surface area contributed by atoms with Crippen LogP contribution in [-0.4, -0.2) is 227 Å². The van der Waals surface area contributed by atoms with Crippen LogP contribution >= 0.6 is 55.1 Å². The van der Waals surface area contributed by atoms with E-state index in [1.54, 1.807) is 53.4 Å². The monoisotopic (exact) mass is 2110 g/mol. The zero-order chi connectivity index (χ0) is 97.2. The number of aromatic nitrogens is 6. The normalized spacial score (nSPS) is 20.0. The van der Waals surface area contributed by atoms with Gasteiger partial charge in [0.15, 0.2) is 23.5 Å². The van der Waals surface area contributed by atoms with E-state index in [9.17, 15) is 32.4 Å². The number of aliphatic hydroxyl groups excluding tert-OH is 2. The average molecular weight is 2110 g/mol. The third kappa shape index (κ3) is 28.0. The molecule has 18 rings (SSSR count). The summed E-state index contributed by atoms with van der Waals surface area (Å²) in [7, 11) is -8.97. The molecule has 39 heteroatoms. The van der Waals surface area contributed by atoms with Gasteiger partial charge in [0.1, 0.15) is 72.3 Å². The van der Waals surface area contributed by atoms with Crippen molar-refractivity contribution in [2.24, 2.45) is 13.1 Å². The number of aliphatic hydroxyl groups is 2. The SMILES string of the molecule is CC(C)(C)OC(=O)N1Cc2ccc(Br)cc2C1.CC(C)(C)OC(=O)N1Cc2ccc(N=S(C)(C)=O)cc2C1.CS(C)(=O)=Nc1ccc2c(c1)CNC2.C[Si](C)(C)CCOCn1c(O[C@@H]2CO[C@H]3[C@@H]2OC[C@H]3O)nc2cc(Cl)c(-c3ccc(Br)cc3)nc21.C[Si](C)(C)CCOCn1c(O[C@@H]2CO[C@H]3[C@@H]2OC[C@H]3O)nc2cc(Cl)c(-c3ccc(N4Cc5ccc(N=S(C)(C)=O)cc5C4)cc3)nc21. The van der Waals surface area contributed by atoms with E-state index in [1.165, 1.54) is 33.4 Å². The van der Waals surface area contributed by atoms with Crippen molar-refractivity contribution in [1.82, 2.24) is 44.2 Å². The maximum absolute atomic E-state index is 12.2. The van der Waals surface area contributed by atoms with Crippen LogP contribution in [0, 0.1) is 0 Å². The molecule has 4 saturated heterocycles. The summed E-state index contributed by atoms with van der Waals surface area (Å²) >= 11 is 20.4. The molecule has 6 aromatic carbocycles. The Labute approximate surface area is 820 Å². The van der Waals surface area contributed by atoms with Crippen LogP contribution in [0.4, 0.5) is 32.3 Å². The van der Waals surface area contributed by atoms with E-state index >= 15 is 0 Å². The Morgan fingerprint density at radius 3 is 1.26 bits per heavy atom. The van der Waals surface area contributed by atoms with Gasteiger partial charge in [0, 0.05) is 174 Å². The lowest BCUT2D eigenvalue weighted by atomic mass is 10.1. The van der Waals surface area contributed by atoms with Crippen LogP contribution in [0.2, 0.25) is 61.4 Å². The summed E-state index contributed by atoms with van der Waals surface area (Å²) < 4.78 is 112. The fourth-order valence-electron chi connectivity index (χ4n) is 16.1. The fourth-order valence-corrected chi connectivity index (χ4v) is 20.7. The van der Waals surface area contributed by atoms with Crippen LogP contribution in [-0.2, 0) is 133 Å². The highest BCUT2D eigenvalue weighted by Gasteiger charge is 2.51. The molecule has 8 aliphatic rings. The first-order valence-electron chi connectivity index (χ1n) is 44.8. The van der Waals surface area contributed by atoms with E-state index in [1.807, 2.05) is 148 Å². The largest absolute Gasteiger partial charge is 0.456 e. The van der Waals surface area contributed by atoms with Gasteiger partial charge in [0.05, 0.1) is 64.9 Å². The first-order chi connectivity index (χ1) is 63.4. The zero-order valence-electron chi connectivity index (χ0n) is 79.7. The number of carbonyl (C=O) groups is 2. The first-order valence-corrected chi connectivity index (χ1v) is 61.6. The number of amides is 2. The molecule has 4 aromatic heterocycles. The second-order valence-corrected chi connectivity index (χ2v) is 61.6. The van der Waals surface area contributed by atoms with Crippen molar-refractivity contribution in [2.45, 2.75) is 219 Å². The molecule has 10 aromatic rings. The Hall–Kier alpha value is -8.04. The Bertz CT molecular complexity index is 6400. The second kappa shape index (κ2) is 42.6. The Morgan fingerprint density at radius 2 is 0.830 bits per heavy atom. The molecule has 12 heterocycles. The van der Waals surface area contributed by atoms with Crippen LogP contribution in [0.3, 0.4) is 0 Å². The van der Waals surface area contributed by atoms with Crippen molar-refractivity contribution in [3.05, 3.63) is 197 Å². The summed E-state index contributed by atoms with van der Waals surface area (Å²) in [5.74, 6) is 0. The Balaban J connectivity index is 0.000000146. The van der Waals surface area contributed by atoms with Crippen LogP contribution in [0.1, 0.15) is 86.1 Å². The highest BCUT2D eigenvalue weighted by molar-refractivity contribution is 9.10. The lowest BCUT2D eigenvalue weighted by Gasteiger charge is -2.24. The number of hydrogen-bond donors (Lipinski definition) is 3. The molecule has 0 unspecified atom stereocenters. The summed E-state index contributed by atoms with van der Waals surface area (Å²) in [6.07, 6.45) is 5.59. The molecule has 135 heavy (non-hydrogen) atoms. The van der Waals surface area contributed by atoms with Crippen molar-refractivity contribution < 1.29 is 79.8 Å². The molecule has 8 aliphatic heterocycles. The van der Waals surface area contributed by atoms with Crippen molar-refractivity contribution in [3.8, 4) is 34.5 Å². The number of benzene rings is 6. The molecule has 30 nitrogen and oxygen atoms in total. The van der Waals surface area contributed by atoms with Crippen LogP contribution in [0.15, 0.2) is 155 Å². The molecular weight excluding hydrogens is 1990 g/mol. The second-order valence-electron chi connectivity index (χ2n) is 40.1. The lowest BCUT2D eigenvalue weighted by molar-refractivity contribution is 0.00332. The van der Waals surface area contributed by atoms with E-state index in [0.29, 0.717) is 107 Å². The van der Waals surface area contributed by atoms with Gasteiger partial charge >= 0.3 is 24.2 Å². The maximum atomic E-state index is 12.2. The number of pyridine rings is 2.